The summed E-state index contributed by atoms with van der Waals surface area (Å²) >= 11 is 6.28. The van der Waals surface area contributed by atoms with Gasteiger partial charge in [0.05, 0.1) is 7.11 Å². The molecule has 0 spiro atoms. The highest BCUT2D eigenvalue weighted by Crippen LogP contribution is 2.50. The van der Waals surface area contributed by atoms with Crippen molar-refractivity contribution in [3.05, 3.63) is 64.7 Å². The van der Waals surface area contributed by atoms with E-state index in [1.807, 2.05) is 53.4 Å². The minimum atomic E-state index is -0.0176. The van der Waals surface area contributed by atoms with E-state index < -0.39 is 0 Å². The molecule has 1 saturated heterocycles. The van der Waals surface area contributed by atoms with Gasteiger partial charge in [0.15, 0.2) is 5.78 Å². The van der Waals surface area contributed by atoms with E-state index >= 15 is 0 Å². The minimum absolute atomic E-state index is 0.0176. The zero-order chi connectivity index (χ0) is 19.7. The first-order valence-electron chi connectivity index (χ1n) is 9.80. The van der Waals surface area contributed by atoms with Gasteiger partial charge in [-0.15, -0.1) is 0 Å². The second-order valence-corrected chi connectivity index (χ2v) is 8.07. The SMILES string of the molecule is COc1ccc(C(=O)C2CCN(C(=O)C3CC3c3ccccc3Cl)CC2)cc1. The third-order valence-corrected chi connectivity index (χ3v) is 6.31. The highest BCUT2D eigenvalue weighted by Gasteiger charge is 2.47. The summed E-state index contributed by atoms with van der Waals surface area (Å²) in [5.74, 6) is 1.37. The largest absolute Gasteiger partial charge is 0.497 e. The van der Waals surface area contributed by atoms with Gasteiger partial charge in [-0.05, 0) is 61.1 Å². The van der Waals surface area contributed by atoms with E-state index in [1.54, 1.807) is 7.11 Å². The van der Waals surface area contributed by atoms with Crippen LogP contribution in [-0.4, -0.2) is 36.8 Å². The Hall–Kier alpha value is -2.33. The quantitative estimate of drug-likeness (QED) is 0.694. The van der Waals surface area contributed by atoms with Crippen LogP contribution >= 0.6 is 11.6 Å². The topological polar surface area (TPSA) is 46.6 Å². The molecule has 4 nitrogen and oxygen atoms in total. The van der Waals surface area contributed by atoms with E-state index in [-0.39, 0.29) is 29.4 Å². The fourth-order valence-corrected chi connectivity index (χ4v) is 4.45. The minimum Gasteiger partial charge on any atom is -0.497 e. The van der Waals surface area contributed by atoms with Crippen molar-refractivity contribution in [2.75, 3.05) is 20.2 Å². The average molecular weight is 398 g/mol. The molecule has 2 aromatic rings. The van der Waals surface area contributed by atoms with Crippen LogP contribution in [0.2, 0.25) is 5.02 Å². The molecule has 146 valence electrons. The number of ether oxygens (including phenoxy) is 1. The number of Topliss-reactive ketones (excluding diaryl/α,β-unsaturated/α-hetero) is 1. The van der Waals surface area contributed by atoms with Crippen molar-refractivity contribution in [1.82, 2.24) is 4.90 Å². The first-order chi connectivity index (χ1) is 13.6. The Morgan fingerprint density at radius 2 is 1.71 bits per heavy atom. The van der Waals surface area contributed by atoms with Gasteiger partial charge >= 0.3 is 0 Å². The number of benzene rings is 2. The summed E-state index contributed by atoms with van der Waals surface area (Å²) in [5.41, 5.74) is 1.79. The molecule has 28 heavy (non-hydrogen) atoms. The van der Waals surface area contributed by atoms with Crippen LogP contribution < -0.4 is 4.74 Å². The molecule has 1 saturated carbocycles. The summed E-state index contributed by atoms with van der Waals surface area (Å²) in [7, 11) is 1.61. The highest BCUT2D eigenvalue weighted by atomic mass is 35.5. The zero-order valence-corrected chi connectivity index (χ0v) is 16.7. The first kappa shape index (κ1) is 19.0. The van der Waals surface area contributed by atoms with Crippen molar-refractivity contribution in [2.24, 2.45) is 11.8 Å². The molecular weight excluding hydrogens is 374 g/mol. The number of amides is 1. The average Bonchev–Trinajstić information content (AvgIpc) is 3.54. The molecule has 2 atom stereocenters. The molecule has 2 aliphatic rings. The van der Waals surface area contributed by atoms with Crippen LogP contribution in [0.1, 0.15) is 41.1 Å². The number of carbonyl (C=O) groups excluding carboxylic acids is 2. The molecule has 4 rings (SSSR count). The molecular formula is C23H24ClNO3. The van der Waals surface area contributed by atoms with Gasteiger partial charge in [-0.2, -0.15) is 0 Å². The number of rotatable bonds is 5. The smallest absolute Gasteiger partial charge is 0.226 e. The van der Waals surface area contributed by atoms with E-state index in [1.165, 1.54) is 0 Å². The summed E-state index contributed by atoms with van der Waals surface area (Å²) in [4.78, 5) is 27.5. The number of ketones is 1. The van der Waals surface area contributed by atoms with Gasteiger partial charge in [-0.1, -0.05) is 29.8 Å². The summed E-state index contributed by atoms with van der Waals surface area (Å²) < 4.78 is 5.15. The number of hydrogen-bond donors (Lipinski definition) is 0. The van der Waals surface area contributed by atoms with Crippen molar-refractivity contribution in [3.63, 3.8) is 0 Å². The lowest BCUT2D eigenvalue weighted by atomic mass is 9.88. The van der Waals surface area contributed by atoms with E-state index in [9.17, 15) is 9.59 Å². The Bertz CT molecular complexity index is 872. The number of halogens is 1. The molecule has 0 N–H and O–H groups in total. The first-order valence-corrected chi connectivity index (χ1v) is 10.2. The molecule has 1 aliphatic carbocycles. The maximum absolute atomic E-state index is 12.9. The Morgan fingerprint density at radius 1 is 1.04 bits per heavy atom. The van der Waals surface area contributed by atoms with Gasteiger partial charge in [0.2, 0.25) is 5.91 Å². The number of methoxy groups -OCH3 is 1. The van der Waals surface area contributed by atoms with Crippen molar-refractivity contribution in [1.29, 1.82) is 0 Å². The Kier molecular flexibility index (Phi) is 5.40. The Morgan fingerprint density at radius 3 is 2.36 bits per heavy atom. The second-order valence-electron chi connectivity index (χ2n) is 7.66. The molecule has 2 unspecified atom stereocenters. The zero-order valence-electron chi connectivity index (χ0n) is 15.9. The van der Waals surface area contributed by atoms with Crippen molar-refractivity contribution >= 4 is 23.3 Å². The lowest BCUT2D eigenvalue weighted by molar-refractivity contribution is -0.133. The van der Waals surface area contributed by atoms with E-state index in [2.05, 4.69) is 0 Å². The molecule has 1 heterocycles. The molecule has 2 aromatic carbocycles. The Labute approximate surface area is 170 Å². The molecule has 0 radical (unpaired) electrons. The monoisotopic (exact) mass is 397 g/mol. The summed E-state index contributed by atoms with van der Waals surface area (Å²) in [6.45, 7) is 1.30. The standard InChI is InChI=1S/C23H24ClNO3/c1-28-17-8-6-15(7-9-17)22(26)16-10-12-25(13-11-16)23(27)20-14-19(20)18-4-2-3-5-21(18)24/h2-9,16,19-20H,10-14H2,1H3. The van der Waals surface area contributed by atoms with E-state index in [0.717, 1.165) is 35.6 Å². The summed E-state index contributed by atoms with van der Waals surface area (Å²) in [6, 6.07) is 15.0. The van der Waals surface area contributed by atoms with Crippen LogP contribution in [0, 0.1) is 11.8 Å². The number of likely N-dealkylation sites (tertiary alicyclic amines) is 1. The lowest BCUT2D eigenvalue weighted by Gasteiger charge is -2.31. The van der Waals surface area contributed by atoms with Crippen LogP contribution in [0.3, 0.4) is 0 Å². The molecule has 1 aliphatic heterocycles. The third-order valence-electron chi connectivity index (χ3n) is 5.96. The summed E-state index contributed by atoms with van der Waals surface area (Å²) in [6.07, 6.45) is 2.31. The van der Waals surface area contributed by atoms with Crippen molar-refractivity contribution < 1.29 is 14.3 Å². The number of hydrogen-bond acceptors (Lipinski definition) is 3. The van der Waals surface area contributed by atoms with Crippen LogP contribution in [0.5, 0.6) is 5.75 Å². The molecule has 0 aromatic heterocycles. The number of carbonyl (C=O) groups is 2. The normalized spacial score (nSPS) is 22.0. The highest BCUT2D eigenvalue weighted by molar-refractivity contribution is 6.31. The van der Waals surface area contributed by atoms with Crippen molar-refractivity contribution in [3.8, 4) is 5.75 Å². The fraction of sp³-hybridized carbons (Fsp3) is 0.391. The van der Waals surface area contributed by atoms with Crippen LogP contribution in [-0.2, 0) is 4.79 Å². The third kappa shape index (κ3) is 3.79. The lowest BCUT2D eigenvalue weighted by Crippen LogP contribution is -2.41. The predicted octanol–water partition coefficient (Wildman–Crippen LogP) is 4.57. The van der Waals surface area contributed by atoms with Gasteiger partial charge in [0, 0.05) is 35.5 Å². The number of nitrogens with zero attached hydrogens (tertiary/aromatic N) is 1. The van der Waals surface area contributed by atoms with Gasteiger partial charge in [-0.3, -0.25) is 9.59 Å². The van der Waals surface area contributed by atoms with Crippen molar-refractivity contribution in [2.45, 2.75) is 25.2 Å². The van der Waals surface area contributed by atoms with Crippen LogP contribution in [0.4, 0.5) is 0 Å². The maximum atomic E-state index is 12.9. The van der Waals surface area contributed by atoms with Gasteiger partial charge in [0.1, 0.15) is 5.75 Å². The van der Waals surface area contributed by atoms with E-state index in [0.29, 0.717) is 18.7 Å². The molecule has 5 heteroatoms. The molecule has 1 amide bonds. The molecule has 0 bridgehead atoms. The predicted molar refractivity (Wildman–Crippen MR) is 109 cm³/mol. The van der Waals surface area contributed by atoms with Gasteiger partial charge < -0.3 is 9.64 Å². The maximum Gasteiger partial charge on any atom is 0.226 e. The van der Waals surface area contributed by atoms with Crippen LogP contribution in [0.15, 0.2) is 48.5 Å². The fourth-order valence-electron chi connectivity index (χ4n) is 4.18. The second kappa shape index (κ2) is 7.96. The van der Waals surface area contributed by atoms with Gasteiger partial charge in [0.25, 0.3) is 0 Å². The van der Waals surface area contributed by atoms with E-state index in [4.69, 9.17) is 16.3 Å². The summed E-state index contributed by atoms with van der Waals surface area (Å²) in [5, 5.41) is 0.742. The Balaban J connectivity index is 1.32. The van der Waals surface area contributed by atoms with Gasteiger partial charge in [-0.25, -0.2) is 0 Å². The van der Waals surface area contributed by atoms with Crippen LogP contribution in [0.25, 0.3) is 0 Å². The number of piperidine rings is 1. The molecule has 2 fully saturated rings.